The minimum Gasteiger partial charge on any atom is -0.368 e. The van der Waals surface area contributed by atoms with E-state index >= 15 is 0 Å². The maximum atomic E-state index is 6.36. The topological polar surface area (TPSA) is 55.4 Å². The smallest absolute Gasteiger partial charge is 0.186 e. The summed E-state index contributed by atoms with van der Waals surface area (Å²) in [6, 6.07) is 19.9. The Labute approximate surface area is 177 Å². The van der Waals surface area contributed by atoms with Gasteiger partial charge in [0.25, 0.3) is 0 Å². The Morgan fingerprint density at radius 2 is 1.70 bits per heavy atom. The van der Waals surface area contributed by atoms with Gasteiger partial charge < -0.3 is 28.4 Å². The first-order valence-electron chi connectivity index (χ1n) is 10.2. The van der Waals surface area contributed by atoms with Crippen LogP contribution in [0.3, 0.4) is 0 Å². The summed E-state index contributed by atoms with van der Waals surface area (Å²) in [5.41, 5.74) is 2.03. The Morgan fingerprint density at radius 3 is 2.40 bits per heavy atom. The second-order valence-corrected chi connectivity index (χ2v) is 7.30. The molecule has 0 aliphatic carbocycles. The van der Waals surface area contributed by atoms with Crippen molar-refractivity contribution in [2.75, 3.05) is 20.3 Å². The van der Waals surface area contributed by atoms with E-state index in [1.165, 1.54) is 0 Å². The van der Waals surface area contributed by atoms with Crippen LogP contribution in [0, 0.1) is 0 Å². The number of fused-ring (bicyclic) bond motifs is 1. The average Bonchev–Trinajstić information content (AvgIpc) is 2.82. The fraction of sp³-hybridized carbons (Fsp3) is 0.417. The second-order valence-electron chi connectivity index (χ2n) is 7.30. The van der Waals surface area contributed by atoms with Gasteiger partial charge in [0, 0.05) is 12.7 Å². The molecule has 1 unspecified atom stereocenters. The molecule has 30 heavy (non-hydrogen) atoms. The quantitative estimate of drug-likeness (QED) is 0.617. The molecule has 2 fully saturated rings. The molecule has 6 nitrogen and oxygen atoms in total. The van der Waals surface area contributed by atoms with Crippen molar-refractivity contribution in [3.63, 3.8) is 0 Å². The lowest BCUT2D eigenvalue weighted by atomic mass is 9.97. The van der Waals surface area contributed by atoms with Gasteiger partial charge in [0.15, 0.2) is 12.6 Å². The van der Waals surface area contributed by atoms with Crippen LogP contribution in [-0.2, 0) is 35.0 Å². The van der Waals surface area contributed by atoms with Gasteiger partial charge in [-0.05, 0) is 5.56 Å². The standard InChI is InChI=1S/C24H28O6/c1-3-14-26-22-21(27-15-17-10-6-4-7-11-17)20-19(29-24(22)25-2)16-28-23(30-20)18-12-8-5-9-13-18/h3-13,19-24H,1,14-16H2,2H3/t19-,20-,21+,22+,23?,24+/m1/s1. The van der Waals surface area contributed by atoms with E-state index in [1.54, 1.807) is 13.2 Å². The van der Waals surface area contributed by atoms with E-state index in [4.69, 9.17) is 28.4 Å². The molecule has 2 aromatic carbocycles. The lowest BCUT2D eigenvalue weighted by Crippen LogP contribution is -2.63. The van der Waals surface area contributed by atoms with Crippen LogP contribution < -0.4 is 0 Å². The molecule has 2 aromatic rings. The number of hydrogen-bond acceptors (Lipinski definition) is 6. The van der Waals surface area contributed by atoms with Crippen LogP contribution in [0.5, 0.6) is 0 Å². The Bertz CT molecular complexity index is 783. The van der Waals surface area contributed by atoms with Gasteiger partial charge in [-0.1, -0.05) is 66.7 Å². The number of ether oxygens (including phenoxy) is 6. The summed E-state index contributed by atoms with van der Waals surface area (Å²) < 4.78 is 36.3. The molecule has 2 heterocycles. The summed E-state index contributed by atoms with van der Waals surface area (Å²) in [5.74, 6) is 0. The Kier molecular flexibility index (Phi) is 7.28. The second kappa shape index (κ2) is 10.3. The summed E-state index contributed by atoms with van der Waals surface area (Å²) >= 11 is 0. The van der Waals surface area contributed by atoms with E-state index in [0.29, 0.717) is 19.8 Å². The summed E-state index contributed by atoms with van der Waals surface area (Å²) in [5, 5.41) is 0. The summed E-state index contributed by atoms with van der Waals surface area (Å²) in [6.45, 7) is 4.91. The predicted molar refractivity (Wildman–Crippen MR) is 111 cm³/mol. The highest BCUT2D eigenvalue weighted by Gasteiger charge is 2.51. The fourth-order valence-corrected chi connectivity index (χ4v) is 3.83. The van der Waals surface area contributed by atoms with Crippen LogP contribution in [0.1, 0.15) is 17.4 Å². The van der Waals surface area contributed by atoms with Crippen molar-refractivity contribution in [2.45, 2.75) is 43.6 Å². The van der Waals surface area contributed by atoms with Gasteiger partial charge in [-0.2, -0.15) is 0 Å². The molecule has 160 valence electrons. The monoisotopic (exact) mass is 412 g/mol. The van der Waals surface area contributed by atoms with Crippen molar-refractivity contribution in [3.8, 4) is 0 Å². The Morgan fingerprint density at radius 1 is 0.967 bits per heavy atom. The molecule has 4 rings (SSSR count). The van der Waals surface area contributed by atoms with Crippen molar-refractivity contribution >= 4 is 0 Å². The highest BCUT2D eigenvalue weighted by atomic mass is 16.8. The molecule has 6 atom stereocenters. The molecule has 0 saturated carbocycles. The molecule has 6 heteroatoms. The Hall–Kier alpha value is -2.06. The van der Waals surface area contributed by atoms with Gasteiger partial charge in [-0.3, -0.25) is 0 Å². The van der Waals surface area contributed by atoms with E-state index < -0.39 is 24.8 Å². The van der Waals surface area contributed by atoms with Crippen molar-refractivity contribution in [2.24, 2.45) is 0 Å². The molecule has 0 bridgehead atoms. The van der Waals surface area contributed by atoms with Gasteiger partial charge in [0.05, 0.1) is 19.8 Å². The first-order chi connectivity index (χ1) is 14.8. The van der Waals surface area contributed by atoms with Crippen LogP contribution in [0.4, 0.5) is 0 Å². The van der Waals surface area contributed by atoms with Crippen LogP contribution >= 0.6 is 0 Å². The minimum atomic E-state index is -0.590. The third kappa shape index (κ3) is 4.81. The van der Waals surface area contributed by atoms with Crippen molar-refractivity contribution in [1.29, 1.82) is 0 Å². The fourth-order valence-electron chi connectivity index (χ4n) is 3.83. The molecular weight excluding hydrogens is 384 g/mol. The number of hydrogen-bond donors (Lipinski definition) is 0. The molecule has 0 N–H and O–H groups in total. The first-order valence-corrected chi connectivity index (χ1v) is 10.2. The third-order valence-corrected chi connectivity index (χ3v) is 5.28. The zero-order valence-corrected chi connectivity index (χ0v) is 17.1. The largest absolute Gasteiger partial charge is 0.368 e. The number of benzene rings is 2. The van der Waals surface area contributed by atoms with Crippen LogP contribution in [-0.4, -0.2) is 51.0 Å². The summed E-state index contributed by atoms with van der Waals surface area (Å²) in [6.07, 6.45) is -0.930. The number of methoxy groups -OCH3 is 1. The third-order valence-electron chi connectivity index (χ3n) is 5.28. The highest BCUT2D eigenvalue weighted by Crippen LogP contribution is 2.36. The zero-order chi connectivity index (χ0) is 20.8. The van der Waals surface area contributed by atoms with Crippen molar-refractivity contribution in [1.82, 2.24) is 0 Å². The Balaban J connectivity index is 1.56. The molecule has 0 amide bonds. The van der Waals surface area contributed by atoms with Gasteiger partial charge in [0.1, 0.15) is 24.4 Å². The van der Waals surface area contributed by atoms with Gasteiger partial charge in [0.2, 0.25) is 0 Å². The van der Waals surface area contributed by atoms with E-state index in [-0.39, 0.29) is 12.2 Å². The molecule has 2 aliphatic rings. The zero-order valence-electron chi connectivity index (χ0n) is 17.1. The average molecular weight is 412 g/mol. The molecular formula is C24H28O6. The maximum absolute atomic E-state index is 6.36. The molecule has 0 spiro atoms. The van der Waals surface area contributed by atoms with E-state index in [2.05, 4.69) is 6.58 Å². The lowest BCUT2D eigenvalue weighted by molar-refractivity contribution is -0.367. The van der Waals surface area contributed by atoms with E-state index in [9.17, 15) is 0 Å². The maximum Gasteiger partial charge on any atom is 0.186 e. The number of rotatable bonds is 8. The van der Waals surface area contributed by atoms with Crippen molar-refractivity contribution in [3.05, 3.63) is 84.4 Å². The SMILES string of the molecule is C=CCO[C@@H]1[C@@H](OC)O[C@@H]2COC(c3ccccc3)O[C@H]2[C@@H]1OCc1ccccc1. The molecule has 0 aromatic heterocycles. The molecule has 2 saturated heterocycles. The van der Waals surface area contributed by atoms with E-state index in [0.717, 1.165) is 11.1 Å². The van der Waals surface area contributed by atoms with Crippen LogP contribution in [0.2, 0.25) is 0 Å². The van der Waals surface area contributed by atoms with Crippen molar-refractivity contribution < 1.29 is 28.4 Å². The first kappa shape index (κ1) is 21.2. The molecule has 0 radical (unpaired) electrons. The van der Waals surface area contributed by atoms with E-state index in [1.807, 2.05) is 60.7 Å². The predicted octanol–water partition coefficient (Wildman–Crippen LogP) is 3.63. The van der Waals surface area contributed by atoms with Gasteiger partial charge in [-0.25, -0.2) is 0 Å². The highest BCUT2D eigenvalue weighted by molar-refractivity contribution is 5.17. The normalized spacial score (nSPS) is 31.1. The lowest BCUT2D eigenvalue weighted by Gasteiger charge is -2.48. The summed E-state index contributed by atoms with van der Waals surface area (Å²) in [4.78, 5) is 0. The minimum absolute atomic E-state index is 0.320. The van der Waals surface area contributed by atoms with Gasteiger partial charge >= 0.3 is 0 Å². The molecule has 2 aliphatic heterocycles. The van der Waals surface area contributed by atoms with Crippen LogP contribution in [0.25, 0.3) is 0 Å². The van der Waals surface area contributed by atoms with Gasteiger partial charge in [-0.15, -0.1) is 6.58 Å². The van der Waals surface area contributed by atoms with Crippen LogP contribution in [0.15, 0.2) is 73.3 Å². The summed E-state index contributed by atoms with van der Waals surface area (Å²) in [7, 11) is 1.60.